The first-order valence-corrected chi connectivity index (χ1v) is 8.62. The van der Waals surface area contributed by atoms with Gasteiger partial charge in [0.05, 0.1) is 13.2 Å². The van der Waals surface area contributed by atoms with Gasteiger partial charge in [-0.2, -0.15) is 0 Å². The van der Waals surface area contributed by atoms with Gasteiger partial charge in [0.25, 0.3) is 0 Å². The van der Waals surface area contributed by atoms with E-state index in [1.54, 1.807) is 4.90 Å². The summed E-state index contributed by atoms with van der Waals surface area (Å²) in [5.41, 5.74) is 1.97. The fourth-order valence-electron chi connectivity index (χ4n) is 3.21. The lowest BCUT2D eigenvalue weighted by molar-refractivity contribution is -0.140. The third-order valence-electron chi connectivity index (χ3n) is 4.76. The number of morpholine rings is 1. The highest BCUT2D eigenvalue weighted by molar-refractivity contribution is 5.89. The lowest BCUT2D eigenvalue weighted by Crippen LogP contribution is -2.48. The molecule has 2 aliphatic heterocycles. The molecule has 2 fully saturated rings. The summed E-state index contributed by atoms with van der Waals surface area (Å²) in [6.07, 6.45) is 1.47. The molecule has 0 radical (unpaired) electrons. The van der Waals surface area contributed by atoms with Gasteiger partial charge in [0.2, 0.25) is 5.91 Å². The topological polar surface area (TPSA) is 61.9 Å². The number of anilines is 1. The molecule has 0 atom stereocenters. The van der Waals surface area contributed by atoms with Gasteiger partial charge in [0.1, 0.15) is 0 Å². The molecule has 130 valence electrons. The number of carbonyl (C=O) groups excluding carboxylic acids is 2. The molecular weight excluding hydrogens is 306 g/mol. The van der Waals surface area contributed by atoms with Gasteiger partial charge in [0.15, 0.2) is 0 Å². The minimum absolute atomic E-state index is 0.0338. The van der Waals surface area contributed by atoms with E-state index < -0.39 is 0 Å². The van der Waals surface area contributed by atoms with Gasteiger partial charge in [-0.25, -0.2) is 4.79 Å². The Bertz CT molecular complexity index is 574. The Morgan fingerprint density at radius 2 is 1.62 bits per heavy atom. The van der Waals surface area contributed by atoms with E-state index in [2.05, 4.69) is 5.32 Å². The molecule has 0 spiro atoms. The zero-order valence-electron chi connectivity index (χ0n) is 14.2. The van der Waals surface area contributed by atoms with E-state index in [0.717, 1.165) is 24.1 Å². The van der Waals surface area contributed by atoms with E-state index in [1.807, 2.05) is 36.1 Å². The number of likely N-dealkylation sites (tertiary alicyclic amines) is 1. The van der Waals surface area contributed by atoms with Crippen LogP contribution in [0.2, 0.25) is 0 Å². The molecule has 0 aliphatic carbocycles. The average Bonchev–Trinajstić information content (AvgIpc) is 2.64. The number of carbonyl (C=O) groups is 2. The van der Waals surface area contributed by atoms with Crippen molar-refractivity contribution >= 4 is 17.6 Å². The van der Waals surface area contributed by atoms with Gasteiger partial charge >= 0.3 is 6.03 Å². The second-order valence-corrected chi connectivity index (χ2v) is 6.50. The van der Waals surface area contributed by atoms with Crippen LogP contribution in [0.4, 0.5) is 10.5 Å². The molecular formula is C18H25N3O3. The summed E-state index contributed by atoms with van der Waals surface area (Å²) in [6, 6.07) is 7.67. The molecule has 3 amide bonds. The Labute approximate surface area is 142 Å². The maximum absolute atomic E-state index is 12.5. The number of nitrogens with one attached hydrogen (secondary N) is 1. The number of nitrogens with zero attached hydrogens (tertiary/aromatic N) is 2. The predicted molar refractivity (Wildman–Crippen MR) is 91.9 cm³/mol. The van der Waals surface area contributed by atoms with Crippen molar-refractivity contribution in [2.75, 3.05) is 44.7 Å². The SMILES string of the molecule is Cc1ccc(NC(=O)N2CCC(C(=O)N3CCOCC3)CC2)cc1. The summed E-state index contributed by atoms with van der Waals surface area (Å²) < 4.78 is 5.29. The standard InChI is InChI=1S/C18H25N3O3/c1-14-2-4-16(5-3-14)19-18(23)21-8-6-15(7-9-21)17(22)20-10-12-24-13-11-20/h2-5,15H,6-13H2,1H3,(H,19,23). The molecule has 1 aromatic carbocycles. The minimum Gasteiger partial charge on any atom is -0.378 e. The number of aryl methyl sites for hydroxylation is 1. The van der Waals surface area contributed by atoms with Crippen LogP contribution in [0.5, 0.6) is 0 Å². The second-order valence-electron chi connectivity index (χ2n) is 6.50. The lowest BCUT2D eigenvalue weighted by atomic mass is 9.95. The third-order valence-corrected chi connectivity index (χ3v) is 4.76. The molecule has 1 N–H and O–H groups in total. The maximum atomic E-state index is 12.5. The third kappa shape index (κ3) is 4.06. The molecule has 2 aliphatic rings. The normalized spacial score (nSPS) is 19.2. The first-order chi connectivity index (χ1) is 11.6. The Hall–Kier alpha value is -2.08. The lowest BCUT2D eigenvalue weighted by Gasteiger charge is -2.35. The van der Waals surface area contributed by atoms with Crippen LogP contribution in [0.1, 0.15) is 18.4 Å². The highest BCUT2D eigenvalue weighted by Gasteiger charge is 2.30. The average molecular weight is 331 g/mol. The van der Waals surface area contributed by atoms with Gasteiger partial charge in [-0.15, -0.1) is 0 Å². The molecule has 0 saturated carbocycles. The summed E-state index contributed by atoms with van der Waals surface area (Å²) in [6.45, 7) is 5.89. The zero-order chi connectivity index (χ0) is 16.9. The number of rotatable bonds is 2. The van der Waals surface area contributed by atoms with E-state index in [0.29, 0.717) is 39.4 Å². The van der Waals surface area contributed by atoms with Crippen LogP contribution in [0.15, 0.2) is 24.3 Å². The van der Waals surface area contributed by atoms with E-state index >= 15 is 0 Å². The number of hydrogen-bond acceptors (Lipinski definition) is 3. The van der Waals surface area contributed by atoms with E-state index in [4.69, 9.17) is 4.74 Å². The summed E-state index contributed by atoms with van der Waals surface area (Å²) in [5, 5.41) is 2.92. The Morgan fingerprint density at radius 1 is 1.00 bits per heavy atom. The molecule has 0 unspecified atom stereocenters. The molecule has 6 heteroatoms. The van der Waals surface area contributed by atoms with Gasteiger partial charge < -0.3 is 19.9 Å². The Morgan fingerprint density at radius 3 is 2.25 bits per heavy atom. The number of ether oxygens (including phenoxy) is 1. The summed E-state index contributed by atoms with van der Waals surface area (Å²) in [5.74, 6) is 0.253. The monoisotopic (exact) mass is 331 g/mol. The van der Waals surface area contributed by atoms with Gasteiger partial charge in [-0.05, 0) is 31.9 Å². The smallest absolute Gasteiger partial charge is 0.321 e. The van der Waals surface area contributed by atoms with Crippen molar-refractivity contribution in [3.8, 4) is 0 Å². The van der Waals surface area contributed by atoms with Crippen molar-refractivity contribution in [2.45, 2.75) is 19.8 Å². The number of amides is 3. The van der Waals surface area contributed by atoms with Gasteiger partial charge in [0, 0.05) is 37.8 Å². The van der Waals surface area contributed by atoms with Gasteiger partial charge in [-0.1, -0.05) is 17.7 Å². The van der Waals surface area contributed by atoms with E-state index in [-0.39, 0.29) is 17.9 Å². The predicted octanol–water partition coefficient (Wildman–Crippen LogP) is 2.10. The second kappa shape index (κ2) is 7.66. The fourth-order valence-corrected chi connectivity index (χ4v) is 3.21. The first kappa shape index (κ1) is 16.8. The first-order valence-electron chi connectivity index (χ1n) is 8.62. The van der Waals surface area contributed by atoms with Crippen LogP contribution in [0.3, 0.4) is 0 Å². The molecule has 6 nitrogen and oxygen atoms in total. The minimum atomic E-state index is -0.0869. The van der Waals surface area contributed by atoms with Crippen molar-refractivity contribution in [1.29, 1.82) is 0 Å². The van der Waals surface area contributed by atoms with Crippen LogP contribution in [0, 0.1) is 12.8 Å². The summed E-state index contributed by atoms with van der Waals surface area (Å²) >= 11 is 0. The van der Waals surface area contributed by atoms with Crippen molar-refractivity contribution in [1.82, 2.24) is 9.80 Å². The Kier molecular flexibility index (Phi) is 5.35. The van der Waals surface area contributed by atoms with E-state index in [9.17, 15) is 9.59 Å². The van der Waals surface area contributed by atoms with Gasteiger partial charge in [-0.3, -0.25) is 4.79 Å². The Balaban J connectivity index is 1.48. The molecule has 2 heterocycles. The number of benzene rings is 1. The maximum Gasteiger partial charge on any atom is 0.321 e. The van der Waals surface area contributed by atoms with E-state index in [1.165, 1.54) is 0 Å². The van der Waals surface area contributed by atoms with Crippen LogP contribution >= 0.6 is 0 Å². The molecule has 0 aromatic heterocycles. The van der Waals surface area contributed by atoms with Crippen LogP contribution in [-0.4, -0.2) is 61.1 Å². The van der Waals surface area contributed by atoms with Crippen molar-refractivity contribution in [3.63, 3.8) is 0 Å². The molecule has 1 aromatic rings. The van der Waals surface area contributed by atoms with Crippen molar-refractivity contribution < 1.29 is 14.3 Å². The summed E-state index contributed by atoms with van der Waals surface area (Å²) in [7, 11) is 0. The quantitative estimate of drug-likeness (QED) is 0.903. The summed E-state index contributed by atoms with van der Waals surface area (Å²) in [4.78, 5) is 28.5. The highest BCUT2D eigenvalue weighted by Crippen LogP contribution is 2.21. The largest absolute Gasteiger partial charge is 0.378 e. The molecule has 3 rings (SSSR count). The van der Waals surface area contributed by atoms with Crippen LogP contribution < -0.4 is 5.32 Å². The van der Waals surface area contributed by atoms with Crippen LogP contribution in [-0.2, 0) is 9.53 Å². The molecule has 2 saturated heterocycles. The van der Waals surface area contributed by atoms with Crippen molar-refractivity contribution in [2.24, 2.45) is 5.92 Å². The fraction of sp³-hybridized carbons (Fsp3) is 0.556. The number of piperidine rings is 1. The molecule has 24 heavy (non-hydrogen) atoms. The zero-order valence-corrected chi connectivity index (χ0v) is 14.2. The highest BCUT2D eigenvalue weighted by atomic mass is 16.5. The van der Waals surface area contributed by atoms with Crippen molar-refractivity contribution in [3.05, 3.63) is 29.8 Å². The van der Waals surface area contributed by atoms with Crippen LogP contribution in [0.25, 0.3) is 0 Å². The molecule has 0 bridgehead atoms. The number of urea groups is 1. The number of hydrogen-bond donors (Lipinski definition) is 1.